The summed E-state index contributed by atoms with van der Waals surface area (Å²) in [5, 5.41) is 9.60. The molecule has 0 aromatic rings. The maximum Gasteiger partial charge on any atom is 0.192 e. The number of nitriles is 1. The average Bonchev–Trinajstić information content (AvgIpc) is 2.40. The molecule has 0 N–H and O–H groups in total. The highest BCUT2D eigenvalue weighted by Gasteiger charge is 2.41. The van der Waals surface area contributed by atoms with E-state index in [9.17, 15) is 5.26 Å². The average molecular weight is 340 g/mol. The molecule has 0 heterocycles. The zero-order valence-corrected chi connectivity index (χ0v) is 17.0. The fourth-order valence-electron chi connectivity index (χ4n) is 2.53. The Morgan fingerprint density at radius 2 is 1.96 bits per heavy atom. The van der Waals surface area contributed by atoms with Crippen LogP contribution >= 0.6 is 0 Å². The van der Waals surface area contributed by atoms with Crippen molar-refractivity contribution < 1.29 is 13.9 Å². The Morgan fingerprint density at radius 3 is 2.43 bits per heavy atom. The monoisotopic (exact) mass is 339 g/mol. The zero-order chi connectivity index (χ0) is 17.8. The summed E-state index contributed by atoms with van der Waals surface area (Å²) in [6, 6.07) is 2.34. The summed E-state index contributed by atoms with van der Waals surface area (Å²) in [7, 11) is -1.89. The minimum atomic E-state index is -1.89. The predicted molar refractivity (Wildman–Crippen MR) is 95.6 cm³/mol. The molecule has 5 heteroatoms. The van der Waals surface area contributed by atoms with Crippen LogP contribution in [0, 0.1) is 11.3 Å². The first-order valence-corrected chi connectivity index (χ1v) is 11.5. The van der Waals surface area contributed by atoms with Crippen molar-refractivity contribution in [3.05, 3.63) is 11.1 Å². The molecule has 3 atom stereocenters. The van der Waals surface area contributed by atoms with E-state index in [0.29, 0.717) is 13.0 Å². The summed E-state index contributed by atoms with van der Waals surface area (Å²) in [6.45, 7) is 17.7. The van der Waals surface area contributed by atoms with Gasteiger partial charge in [-0.2, -0.15) is 5.26 Å². The molecule has 0 radical (unpaired) electrons. The molecule has 0 aromatic heterocycles. The van der Waals surface area contributed by atoms with Crippen molar-refractivity contribution in [1.29, 1.82) is 5.26 Å². The van der Waals surface area contributed by atoms with E-state index in [1.165, 1.54) is 0 Å². The Bertz CT molecular complexity index is 474. The number of hydrogen-bond acceptors (Lipinski definition) is 4. The molecule has 1 rings (SSSR count). The molecule has 4 nitrogen and oxygen atoms in total. The number of hydrogen-bond donors (Lipinski definition) is 0. The van der Waals surface area contributed by atoms with Gasteiger partial charge in [-0.3, -0.25) is 0 Å². The summed E-state index contributed by atoms with van der Waals surface area (Å²) in [5.41, 5.74) is 1.87. The van der Waals surface area contributed by atoms with Gasteiger partial charge in [-0.1, -0.05) is 20.8 Å². The Labute approximate surface area is 142 Å². The smallest absolute Gasteiger partial charge is 0.192 e. The highest BCUT2D eigenvalue weighted by Crippen LogP contribution is 2.40. The summed E-state index contributed by atoms with van der Waals surface area (Å²) < 4.78 is 18.0. The third-order valence-electron chi connectivity index (χ3n) is 5.03. The van der Waals surface area contributed by atoms with Crippen molar-refractivity contribution in [3.63, 3.8) is 0 Å². The van der Waals surface area contributed by atoms with Crippen LogP contribution in [-0.4, -0.2) is 33.4 Å². The molecule has 1 aliphatic rings. The molecule has 0 fully saturated rings. The van der Waals surface area contributed by atoms with Crippen molar-refractivity contribution in [2.75, 3.05) is 6.61 Å². The van der Waals surface area contributed by atoms with Crippen LogP contribution in [0.2, 0.25) is 18.1 Å². The topological polar surface area (TPSA) is 51.5 Å². The first-order chi connectivity index (χ1) is 10.5. The Balaban J connectivity index is 2.91. The van der Waals surface area contributed by atoms with E-state index in [2.05, 4.69) is 39.9 Å². The summed E-state index contributed by atoms with van der Waals surface area (Å²) in [5.74, 6) is 0. The van der Waals surface area contributed by atoms with Gasteiger partial charge in [-0.05, 0) is 44.5 Å². The number of nitrogens with zero attached hydrogens (tertiary/aromatic N) is 1. The van der Waals surface area contributed by atoms with Crippen LogP contribution in [0.5, 0.6) is 0 Å². The largest absolute Gasteiger partial charge is 0.410 e. The van der Waals surface area contributed by atoms with Gasteiger partial charge in [-0.25, -0.2) is 0 Å². The second-order valence-corrected chi connectivity index (χ2v) is 12.6. The van der Waals surface area contributed by atoms with Gasteiger partial charge in [0.05, 0.1) is 18.3 Å². The summed E-state index contributed by atoms with van der Waals surface area (Å²) >= 11 is 0. The summed E-state index contributed by atoms with van der Waals surface area (Å²) in [6.07, 6.45) is 1.14. The first kappa shape index (κ1) is 20.4. The van der Waals surface area contributed by atoms with E-state index in [0.717, 1.165) is 17.6 Å². The molecule has 1 aliphatic carbocycles. The molecule has 132 valence electrons. The van der Waals surface area contributed by atoms with Gasteiger partial charge in [0.1, 0.15) is 0 Å². The molecule has 0 aliphatic heterocycles. The third kappa shape index (κ3) is 5.42. The van der Waals surface area contributed by atoms with Crippen LogP contribution in [0.4, 0.5) is 0 Å². The predicted octanol–water partition coefficient (Wildman–Crippen LogP) is 4.78. The fraction of sp³-hybridized carbons (Fsp3) is 0.833. The lowest BCUT2D eigenvalue weighted by atomic mass is 9.89. The quantitative estimate of drug-likeness (QED) is 0.516. The lowest BCUT2D eigenvalue weighted by Gasteiger charge is -2.42. The molecule has 0 aromatic carbocycles. The van der Waals surface area contributed by atoms with Crippen molar-refractivity contribution in [3.8, 4) is 6.07 Å². The van der Waals surface area contributed by atoms with E-state index < -0.39 is 8.32 Å². The van der Waals surface area contributed by atoms with Gasteiger partial charge in [-0.15, -0.1) is 0 Å². The van der Waals surface area contributed by atoms with Crippen LogP contribution in [0.3, 0.4) is 0 Å². The molecule has 0 saturated heterocycles. The Hall–Kier alpha value is -0.673. The lowest BCUT2D eigenvalue weighted by Crippen LogP contribution is -2.46. The van der Waals surface area contributed by atoms with E-state index in [1.807, 2.05) is 20.8 Å². The van der Waals surface area contributed by atoms with Crippen LogP contribution in [0.25, 0.3) is 0 Å². The molecule has 2 unspecified atom stereocenters. The fourth-order valence-corrected chi connectivity index (χ4v) is 3.87. The van der Waals surface area contributed by atoms with Gasteiger partial charge >= 0.3 is 0 Å². The van der Waals surface area contributed by atoms with Gasteiger partial charge in [0.15, 0.2) is 14.6 Å². The molecule has 0 spiro atoms. The molecular formula is C18H33NO3Si. The van der Waals surface area contributed by atoms with Gasteiger partial charge < -0.3 is 13.9 Å². The standard InChI is InChI=1S/C18H33NO3Si/c1-9-20-14(3)21-16-10-15(12-19)13(2)17(11-16)22-23(7,8)18(4,5)6/h14,16-17H,9-11H2,1-8H3/t14?,16-,17?/m1/s1. The highest BCUT2D eigenvalue weighted by atomic mass is 28.4. The second-order valence-electron chi connectivity index (χ2n) is 7.86. The van der Waals surface area contributed by atoms with Crippen LogP contribution in [0.1, 0.15) is 54.4 Å². The van der Waals surface area contributed by atoms with E-state index in [-0.39, 0.29) is 23.5 Å². The van der Waals surface area contributed by atoms with Crippen LogP contribution in [-0.2, 0) is 13.9 Å². The third-order valence-corrected chi connectivity index (χ3v) is 9.52. The van der Waals surface area contributed by atoms with E-state index >= 15 is 0 Å². The first-order valence-electron chi connectivity index (χ1n) is 8.56. The molecule has 0 amide bonds. The maximum atomic E-state index is 9.45. The maximum absolute atomic E-state index is 9.45. The zero-order valence-electron chi connectivity index (χ0n) is 16.0. The van der Waals surface area contributed by atoms with Gasteiger partial charge in [0.25, 0.3) is 0 Å². The Kier molecular flexibility index (Phi) is 7.03. The SMILES string of the molecule is CCOC(C)O[C@@H]1CC(C#N)=C(C)C(O[Si](C)(C)C(C)(C)C)C1. The normalized spacial score (nSPS) is 24.5. The lowest BCUT2D eigenvalue weighted by molar-refractivity contribution is -0.163. The summed E-state index contributed by atoms with van der Waals surface area (Å²) in [4.78, 5) is 0. The van der Waals surface area contributed by atoms with Crippen molar-refractivity contribution >= 4 is 8.32 Å². The molecule has 0 bridgehead atoms. The van der Waals surface area contributed by atoms with Crippen molar-refractivity contribution in [1.82, 2.24) is 0 Å². The Morgan fingerprint density at radius 1 is 1.35 bits per heavy atom. The van der Waals surface area contributed by atoms with E-state index in [1.54, 1.807) is 0 Å². The molecule has 23 heavy (non-hydrogen) atoms. The van der Waals surface area contributed by atoms with Crippen molar-refractivity contribution in [2.24, 2.45) is 0 Å². The number of ether oxygens (including phenoxy) is 2. The van der Waals surface area contributed by atoms with Gasteiger partial charge in [0.2, 0.25) is 0 Å². The van der Waals surface area contributed by atoms with Crippen molar-refractivity contribution in [2.45, 2.75) is 91.0 Å². The van der Waals surface area contributed by atoms with Crippen LogP contribution < -0.4 is 0 Å². The molecule has 0 saturated carbocycles. The van der Waals surface area contributed by atoms with E-state index in [4.69, 9.17) is 13.9 Å². The second kappa shape index (κ2) is 7.93. The van der Waals surface area contributed by atoms with Gasteiger partial charge in [0, 0.05) is 25.0 Å². The highest BCUT2D eigenvalue weighted by molar-refractivity contribution is 6.74. The number of rotatable bonds is 6. The van der Waals surface area contributed by atoms with Crippen LogP contribution in [0.15, 0.2) is 11.1 Å². The minimum Gasteiger partial charge on any atom is -0.410 e. The minimum absolute atomic E-state index is 0.0235. The molecular weight excluding hydrogens is 306 g/mol.